The van der Waals surface area contributed by atoms with Gasteiger partial charge >= 0.3 is 12.0 Å². The fraction of sp³-hybridized carbons (Fsp3) is 0.167. The third-order valence-corrected chi connectivity index (χ3v) is 6.84. The number of carboxylic acids is 1. The first-order chi connectivity index (χ1) is 16.9. The summed E-state index contributed by atoms with van der Waals surface area (Å²) in [6.07, 6.45) is 0. The van der Waals surface area contributed by atoms with Crippen LogP contribution in [0.4, 0.5) is 25.0 Å². The summed E-state index contributed by atoms with van der Waals surface area (Å²) in [6.45, 7) is 3.18. The number of halogens is 2. The van der Waals surface area contributed by atoms with Crippen LogP contribution in [-0.4, -0.2) is 31.6 Å². The maximum absolute atomic E-state index is 13.3. The molecule has 4 N–H and O–H groups in total. The molecule has 4 rings (SSSR count). The molecule has 1 aromatic heterocycles. The zero-order valence-electron chi connectivity index (χ0n) is 19.0. The highest BCUT2D eigenvalue weighted by molar-refractivity contribution is 7.89. The van der Waals surface area contributed by atoms with Crippen LogP contribution in [0.3, 0.4) is 0 Å². The second-order valence-corrected chi connectivity index (χ2v) is 10.1. The first-order valence-corrected chi connectivity index (χ1v) is 12.2. The molecule has 12 heteroatoms. The Morgan fingerprint density at radius 3 is 2.06 bits per heavy atom. The van der Waals surface area contributed by atoms with Crippen molar-refractivity contribution < 1.29 is 36.3 Å². The smallest absolute Gasteiger partial charge is 0.323 e. The van der Waals surface area contributed by atoms with E-state index in [0.29, 0.717) is 22.0 Å². The fourth-order valence-electron chi connectivity index (χ4n) is 3.58. The van der Waals surface area contributed by atoms with E-state index in [0.717, 1.165) is 12.1 Å². The normalized spacial score (nSPS) is 12.7. The molecule has 0 saturated carbocycles. The van der Waals surface area contributed by atoms with Crippen LogP contribution in [0, 0.1) is 17.6 Å². The van der Waals surface area contributed by atoms with Gasteiger partial charge in [-0.1, -0.05) is 13.8 Å². The largest absolute Gasteiger partial charge is 0.480 e. The average Bonchev–Trinajstić information content (AvgIpc) is 3.16. The number of carboxylic acid groups (broad SMARTS) is 1. The van der Waals surface area contributed by atoms with Crippen molar-refractivity contribution in [1.29, 1.82) is 0 Å². The number of sulfonamides is 1. The Morgan fingerprint density at radius 1 is 0.861 bits per heavy atom. The van der Waals surface area contributed by atoms with Gasteiger partial charge in [-0.15, -0.1) is 0 Å². The quantitative estimate of drug-likeness (QED) is 0.275. The maximum atomic E-state index is 13.3. The van der Waals surface area contributed by atoms with Crippen LogP contribution in [0.15, 0.2) is 63.9 Å². The zero-order chi connectivity index (χ0) is 26.2. The van der Waals surface area contributed by atoms with Crippen LogP contribution < -0.4 is 15.4 Å². The lowest BCUT2D eigenvalue weighted by molar-refractivity contribution is -0.140. The summed E-state index contributed by atoms with van der Waals surface area (Å²) < 4.78 is 59.9. The van der Waals surface area contributed by atoms with E-state index in [1.807, 2.05) is 0 Å². The Balaban J connectivity index is 1.57. The van der Waals surface area contributed by atoms with Gasteiger partial charge in [-0.3, -0.25) is 4.79 Å². The van der Waals surface area contributed by atoms with Gasteiger partial charge in [0.15, 0.2) is 11.6 Å². The van der Waals surface area contributed by atoms with Crippen molar-refractivity contribution in [2.75, 3.05) is 10.6 Å². The lowest BCUT2D eigenvalue weighted by Crippen LogP contribution is -2.44. The second-order valence-electron chi connectivity index (χ2n) is 8.36. The molecule has 4 aromatic rings. The van der Waals surface area contributed by atoms with Crippen LogP contribution in [0.5, 0.6) is 0 Å². The van der Waals surface area contributed by atoms with E-state index in [1.165, 1.54) is 24.3 Å². The molecule has 1 heterocycles. The molecule has 9 nitrogen and oxygen atoms in total. The molecule has 0 unspecified atom stereocenters. The van der Waals surface area contributed by atoms with E-state index < -0.39 is 45.6 Å². The van der Waals surface area contributed by atoms with E-state index in [-0.39, 0.29) is 16.2 Å². The molecular formula is C24H21F2N3O6S. The van der Waals surface area contributed by atoms with Crippen molar-refractivity contribution in [3.63, 3.8) is 0 Å². The molecule has 0 aliphatic heterocycles. The number of urea groups is 1. The Hall–Kier alpha value is -4.03. The molecule has 1 atom stereocenters. The summed E-state index contributed by atoms with van der Waals surface area (Å²) in [5.41, 5.74) is 0.981. The molecule has 0 radical (unpaired) electrons. The van der Waals surface area contributed by atoms with E-state index in [9.17, 15) is 31.9 Å². The van der Waals surface area contributed by atoms with Crippen molar-refractivity contribution in [3.8, 4) is 0 Å². The highest BCUT2D eigenvalue weighted by Gasteiger charge is 2.28. The minimum atomic E-state index is -4.14. The van der Waals surface area contributed by atoms with E-state index in [4.69, 9.17) is 4.42 Å². The topological polar surface area (TPSA) is 138 Å². The Kier molecular flexibility index (Phi) is 6.65. The maximum Gasteiger partial charge on any atom is 0.323 e. The van der Waals surface area contributed by atoms with Crippen molar-refractivity contribution in [2.45, 2.75) is 24.8 Å². The zero-order valence-corrected chi connectivity index (χ0v) is 19.8. The SMILES string of the molecule is CC(C)[C@H](NS(=O)(=O)c1ccc2c(c1)oc1cc(NC(=O)Nc3ccc(F)c(F)c3)ccc12)C(=O)O. The lowest BCUT2D eigenvalue weighted by atomic mass is 10.1. The first kappa shape index (κ1) is 25.1. The van der Waals surface area contributed by atoms with Gasteiger partial charge in [-0.05, 0) is 42.3 Å². The van der Waals surface area contributed by atoms with E-state index in [2.05, 4.69) is 15.4 Å². The summed E-state index contributed by atoms with van der Waals surface area (Å²) in [6, 6.07) is 9.91. The molecule has 0 saturated heterocycles. The van der Waals surface area contributed by atoms with Crippen molar-refractivity contribution >= 4 is 55.3 Å². The predicted octanol–water partition coefficient (Wildman–Crippen LogP) is 4.90. The van der Waals surface area contributed by atoms with Gasteiger partial charge in [0.25, 0.3) is 0 Å². The van der Waals surface area contributed by atoms with Crippen LogP contribution in [0.1, 0.15) is 13.8 Å². The number of hydrogen-bond donors (Lipinski definition) is 4. The van der Waals surface area contributed by atoms with Crippen LogP contribution in [-0.2, 0) is 14.8 Å². The summed E-state index contributed by atoms with van der Waals surface area (Å²) in [4.78, 5) is 23.5. The molecule has 0 fully saturated rings. The number of nitrogens with one attached hydrogen (secondary N) is 3. The predicted molar refractivity (Wildman–Crippen MR) is 129 cm³/mol. The summed E-state index contributed by atoms with van der Waals surface area (Å²) >= 11 is 0. The number of hydrogen-bond acceptors (Lipinski definition) is 5. The molecule has 0 spiro atoms. The summed E-state index contributed by atoms with van der Waals surface area (Å²) in [5, 5.41) is 15.5. The number of rotatable bonds is 7. The number of furan rings is 1. The van der Waals surface area contributed by atoms with Gasteiger partial charge in [0, 0.05) is 40.3 Å². The third kappa shape index (κ3) is 5.14. The Morgan fingerprint density at radius 2 is 1.44 bits per heavy atom. The van der Waals surface area contributed by atoms with Gasteiger partial charge in [0.1, 0.15) is 17.2 Å². The Bertz CT molecular complexity index is 1600. The molecule has 188 valence electrons. The number of amides is 2. The number of carbonyl (C=O) groups excluding carboxylic acids is 1. The molecule has 2 amide bonds. The third-order valence-electron chi connectivity index (χ3n) is 5.41. The average molecular weight is 518 g/mol. The highest BCUT2D eigenvalue weighted by atomic mass is 32.2. The van der Waals surface area contributed by atoms with E-state index in [1.54, 1.807) is 32.0 Å². The molecule has 0 aliphatic carbocycles. The van der Waals surface area contributed by atoms with Gasteiger partial charge < -0.3 is 20.2 Å². The molecular weight excluding hydrogens is 496 g/mol. The second kappa shape index (κ2) is 9.55. The lowest BCUT2D eigenvalue weighted by Gasteiger charge is -2.17. The van der Waals surface area contributed by atoms with Crippen molar-refractivity contribution in [3.05, 3.63) is 66.2 Å². The first-order valence-electron chi connectivity index (χ1n) is 10.7. The minimum absolute atomic E-state index is 0.0566. The van der Waals surface area contributed by atoms with Crippen molar-refractivity contribution in [1.82, 2.24) is 4.72 Å². The van der Waals surface area contributed by atoms with Gasteiger partial charge in [0.2, 0.25) is 10.0 Å². The number of fused-ring (bicyclic) bond motifs is 3. The number of aliphatic carboxylic acids is 1. The Labute approximate surface area is 204 Å². The standard InChI is InChI=1S/C24H21F2N3O6S/c1-12(2)22(23(30)31)29-36(33,34)15-5-7-17-16-6-3-14(10-20(16)35-21(17)11-15)28-24(32)27-13-4-8-18(25)19(26)9-13/h3-12,22,29H,1-2H3,(H,30,31)(H2,27,28,32)/t22-/m0/s1. The molecule has 0 aliphatic rings. The molecule has 0 bridgehead atoms. The van der Waals surface area contributed by atoms with Crippen LogP contribution >= 0.6 is 0 Å². The molecule has 36 heavy (non-hydrogen) atoms. The summed E-state index contributed by atoms with van der Waals surface area (Å²) in [5.74, 6) is -3.90. The minimum Gasteiger partial charge on any atom is -0.480 e. The van der Waals surface area contributed by atoms with Crippen LogP contribution in [0.25, 0.3) is 21.9 Å². The van der Waals surface area contributed by atoms with Gasteiger partial charge in [0.05, 0.1) is 4.90 Å². The number of carbonyl (C=O) groups is 2. The number of benzene rings is 3. The van der Waals surface area contributed by atoms with Gasteiger partial charge in [-0.2, -0.15) is 4.72 Å². The molecule has 3 aromatic carbocycles. The van der Waals surface area contributed by atoms with Gasteiger partial charge in [-0.25, -0.2) is 22.0 Å². The number of anilines is 2. The fourth-order valence-corrected chi connectivity index (χ4v) is 4.93. The summed E-state index contributed by atoms with van der Waals surface area (Å²) in [7, 11) is -4.14. The monoisotopic (exact) mass is 517 g/mol. The van der Waals surface area contributed by atoms with Crippen LogP contribution in [0.2, 0.25) is 0 Å². The highest BCUT2D eigenvalue weighted by Crippen LogP contribution is 2.32. The van der Waals surface area contributed by atoms with Crippen molar-refractivity contribution in [2.24, 2.45) is 5.92 Å². The van der Waals surface area contributed by atoms with E-state index >= 15 is 0 Å².